The van der Waals surface area contributed by atoms with E-state index < -0.39 is 0 Å². The number of nitrogens with zero attached hydrogens (tertiary/aromatic N) is 5. The van der Waals surface area contributed by atoms with Gasteiger partial charge in [0.25, 0.3) is 0 Å². The lowest BCUT2D eigenvalue weighted by atomic mass is 10.1. The number of nitrogens with two attached hydrogens (primary N) is 1. The Morgan fingerprint density at radius 3 is 2.63 bits per heavy atom. The summed E-state index contributed by atoms with van der Waals surface area (Å²) in [5, 5.41) is 5.54. The lowest BCUT2D eigenvalue weighted by Gasteiger charge is -2.32. The van der Waals surface area contributed by atoms with Crippen LogP contribution in [0.5, 0.6) is 11.5 Å². The second-order valence-corrected chi connectivity index (χ2v) is 7.14. The fourth-order valence-electron chi connectivity index (χ4n) is 3.88. The summed E-state index contributed by atoms with van der Waals surface area (Å²) in [5.41, 5.74) is 8.30. The SMILES string of the molecule is C=CC(=O)N1CCC[C@H](n2nc(-c3cc(OC)cc(OC)c3)c3c(N)ncnc32)C1. The molecule has 0 spiro atoms. The quantitative estimate of drug-likeness (QED) is 0.646. The number of piperidine rings is 1. The molecule has 2 aromatic heterocycles. The molecular weight excluding hydrogens is 384 g/mol. The Labute approximate surface area is 174 Å². The van der Waals surface area contributed by atoms with Crippen LogP contribution in [0.1, 0.15) is 18.9 Å². The number of aromatic nitrogens is 4. The minimum Gasteiger partial charge on any atom is -0.497 e. The molecule has 1 aromatic carbocycles. The lowest BCUT2D eigenvalue weighted by Crippen LogP contribution is -2.40. The van der Waals surface area contributed by atoms with E-state index in [2.05, 4.69) is 16.5 Å². The van der Waals surface area contributed by atoms with Crippen molar-refractivity contribution in [3.8, 4) is 22.8 Å². The third-order valence-electron chi connectivity index (χ3n) is 5.37. The first-order chi connectivity index (χ1) is 14.5. The van der Waals surface area contributed by atoms with Crippen LogP contribution in [0, 0.1) is 0 Å². The summed E-state index contributed by atoms with van der Waals surface area (Å²) in [6.07, 6.45) is 4.52. The summed E-state index contributed by atoms with van der Waals surface area (Å²) in [4.78, 5) is 22.5. The molecule has 9 heteroatoms. The van der Waals surface area contributed by atoms with Crippen molar-refractivity contribution in [3.05, 3.63) is 37.2 Å². The molecule has 156 valence electrons. The van der Waals surface area contributed by atoms with Gasteiger partial charge in [-0.3, -0.25) is 4.79 Å². The molecule has 30 heavy (non-hydrogen) atoms. The Morgan fingerprint density at radius 1 is 1.23 bits per heavy atom. The summed E-state index contributed by atoms with van der Waals surface area (Å²) < 4.78 is 12.7. The molecule has 1 amide bonds. The van der Waals surface area contributed by atoms with Gasteiger partial charge < -0.3 is 20.1 Å². The number of hydrogen-bond acceptors (Lipinski definition) is 7. The third-order valence-corrected chi connectivity index (χ3v) is 5.37. The standard InChI is InChI=1S/C21H24N6O3/c1-4-17(28)26-7-5-6-14(11-26)27-21-18(20(22)23-12-24-21)19(25-27)13-8-15(29-2)10-16(9-13)30-3/h4,8-10,12,14H,1,5-7,11H2,2-3H3,(H2,22,23,24)/t14-/m0/s1. The van der Waals surface area contributed by atoms with E-state index in [0.29, 0.717) is 47.1 Å². The van der Waals surface area contributed by atoms with Gasteiger partial charge in [-0.15, -0.1) is 0 Å². The number of carbonyl (C=O) groups excluding carboxylic acids is 1. The second kappa shape index (κ2) is 8.02. The summed E-state index contributed by atoms with van der Waals surface area (Å²) >= 11 is 0. The maximum absolute atomic E-state index is 12.1. The van der Waals surface area contributed by atoms with Crippen LogP contribution < -0.4 is 15.2 Å². The van der Waals surface area contributed by atoms with Crippen molar-refractivity contribution in [3.63, 3.8) is 0 Å². The van der Waals surface area contributed by atoms with Crippen LogP contribution in [-0.2, 0) is 4.79 Å². The highest BCUT2D eigenvalue weighted by Gasteiger charge is 2.28. The number of anilines is 1. The van der Waals surface area contributed by atoms with Crippen LogP contribution in [0.4, 0.5) is 5.82 Å². The van der Waals surface area contributed by atoms with Crippen molar-refractivity contribution in [2.45, 2.75) is 18.9 Å². The van der Waals surface area contributed by atoms with E-state index in [4.69, 9.17) is 20.3 Å². The summed E-state index contributed by atoms with van der Waals surface area (Å²) in [7, 11) is 3.19. The molecule has 4 rings (SSSR count). The van der Waals surface area contributed by atoms with Gasteiger partial charge in [0, 0.05) is 24.7 Å². The van der Waals surface area contributed by atoms with E-state index in [1.165, 1.54) is 12.4 Å². The number of rotatable bonds is 5. The van der Waals surface area contributed by atoms with Crippen molar-refractivity contribution < 1.29 is 14.3 Å². The van der Waals surface area contributed by atoms with Crippen LogP contribution in [0.15, 0.2) is 37.2 Å². The van der Waals surface area contributed by atoms with Gasteiger partial charge in [0.05, 0.1) is 25.6 Å². The van der Waals surface area contributed by atoms with Crippen LogP contribution in [-0.4, -0.2) is 57.9 Å². The summed E-state index contributed by atoms with van der Waals surface area (Å²) in [6, 6.07) is 5.51. The first-order valence-corrected chi connectivity index (χ1v) is 9.69. The highest BCUT2D eigenvalue weighted by molar-refractivity contribution is 5.98. The molecule has 1 saturated heterocycles. The molecular formula is C21H24N6O3. The van der Waals surface area contributed by atoms with E-state index in [9.17, 15) is 4.79 Å². The van der Waals surface area contributed by atoms with Crippen molar-refractivity contribution in [2.75, 3.05) is 33.0 Å². The summed E-state index contributed by atoms with van der Waals surface area (Å²) in [6.45, 7) is 4.84. The Morgan fingerprint density at radius 2 is 1.97 bits per heavy atom. The Bertz CT molecular complexity index is 1090. The lowest BCUT2D eigenvalue weighted by molar-refractivity contribution is -0.127. The van der Waals surface area contributed by atoms with E-state index in [-0.39, 0.29) is 11.9 Å². The molecule has 1 aliphatic rings. The van der Waals surface area contributed by atoms with Crippen LogP contribution in [0.25, 0.3) is 22.3 Å². The molecule has 3 heterocycles. The van der Waals surface area contributed by atoms with E-state index in [0.717, 1.165) is 18.4 Å². The number of nitrogen functional groups attached to an aromatic ring is 1. The number of ether oxygens (including phenoxy) is 2. The minimum absolute atomic E-state index is 0.0271. The average Bonchev–Trinajstić information content (AvgIpc) is 3.19. The largest absolute Gasteiger partial charge is 0.497 e. The Kier molecular flexibility index (Phi) is 5.26. The fraction of sp³-hybridized carbons (Fsp3) is 0.333. The molecule has 0 bridgehead atoms. The predicted octanol–water partition coefficient (Wildman–Crippen LogP) is 2.44. The maximum atomic E-state index is 12.1. The number of methoxy groups -OCH3 is 2. The molecule has 1 fully saturated rings. The molecule has 1 aliphatic heterocycles. The number of amides is 1. The smallest absolute Gasteiger partial charge is 0.246 e. The van der Waals surface area contributed by atoms with Crippen molar-refractivity contribution in [1.29, 1.82) is 0 Å². The molecule has 3 aromatic rings. The highest BCUT2D eigenvalue weighted by atomic mass is 16.5. The third kappa shape index (κ3) is 3.42. The van der Waals surface area contributed by atoms with E-state index in [1.807, 2.05) is 16.8 Å². The Balaban J connectivity index is 1.85. The van der Waals surface area contributed by atoms with Gasteiger partial charge in [0.15, 0.2) is 5.65 Å². The Hall–Kier alpha value is -3.62. The topological polar surface area (TPSA) is 108 Å². The van der Waals surface area contributed by atoms with Gasteiger partial charge in [-0.05, 0) is 31.1 Å². The van der Waals surface area contributed by atoms with E-state index >= 15 is 0 Å². The molecule has 0 aliphatic carbocycles. The van der Waals surface area contributed by atoms with Gasteiger partial charge >= 0.3 is 0 Å². The van der Waals surface area contributed by atoms with Gasteiger partial charge in [-0.1, -0.05) is 6.58 Å². The number of carbonyl (C=O) groups is 1. The summed E-state index contributed by atoms with van der Waals surface area (Å²) in [5.74, 6) is 1.55. The van der Waals surface area contributed by atoms with Crippen LogP contribution in [0.3, 0.4) is 0 Å². The highest BCUT2D eigenvalue weighted by Crippen LogP contribution is 2.36. The fourth-order valence-corrected chi connectivity index (χ4v) is 3.88. The van der Waals surface area contributed by atoms with Crippen molar-refractivity contribution in [2.24, 2.45) is 0 Å². The van der Waals surface area contributed by atoms with Crippen molar-refractivity contribution >= 4 is 22.8 Å². The van der Waals surface area contributed by atoms with E-state index in [1.54, 1.807) is 25.2 Å². The first kappa shape index (κ1) is 19.7. The molecule has 2 N–H and O–H groups in total. The average molecular weight is 408 g/mol. The van der Waals surface area contributed by atoms with Crippen LogP contribution >= 0.6 is 0 Å². The van der Waals surface area contributed by atoms with Gasteiger partial charge in [0.1, 0.15) is 29.3 Å². The number of hydrogen-bond donors (Lipinski definition) is 1. The number of fused-ring (bicyclic) bond motifs is 1. The van der Waals surface area contributed by atoms with Gasteiger partial charge in [-0.25, -0.2) is 14.6 Å². The first-order valence-electron chi connectivity index (χ1n) is 9.69. The number of benzene rings is 1. The van der Waals surface area contributed by atoms with Gasteiger partial charge in [-0.2, -0.15) is 5.10 Å². The normalized spacial score (nSPS) is 16.5. The van der Waals surface area contributed by atoms with Crippen LogP contribution in [0.2, 0.25) is 0 Å². The maximum Gasteiger partial charge on any atom is 0.246 e. The predicted molar refractivity (Wildman–Crippen MR) is 113 cm³/mol. The molecule has 0 unspecified atom stereocenters. The zero-order valence-electron chi connectivity index (χ0n) is 17.0. The molecule has 0 saturated carbocycles. The zero-order valence-corrected chi connectivity index (χ0v) is 17.0. The van der Waals surface area contributed by atoms with Gasteiger partial charge in [0.2, 0.25) is 5.91 Å². The zero-order chi connectivity index (χ0) is 21.3. The molecule has 9 nitrogen and oxygen atoms in total. The molecule has 1 atom stereocenters. The monoisotopic (exact) mass is 408 g/mol. The molecule has 0 radical (unpaired) electrons. The second-order valence-electron chi connectivity index (χ2n) is 7.14. The van der Waals surface area contributed by atoms with Crippen molar-refractivity contribution in [1.82, 2.24) is 24.6 Å². The minimum atomic E-state index is -0.0805. The number of likely N-dealkylation sites (tertiary alicyclic amines) is 1.